The molecule has 0 radical (unpaired) electrons. The summed E-state index contributed by atoms with van der Waals surface area (Å²) in [5, 5.41) is 3.74. The van der Waals surface area contributed by atoms with Crippen LogP contribution in [0, 0.1) is 11.8 Å². The number of hydrogen-bond acceptors (Lipinski definition) is 2. The Kier molecular flexibility index (Phi) is 5.12. The second kappa shape index (κ2) is 7.10. The number of anilines is 1. The fourth-order valence-electron chi connectivity index (χ4n) is 3.10. The molecule has 6 heteroatoms. The molecule has 1 saturated carbocycles. The number of likely N-dealkylation sites (tertiary alicyclic amines) is 1. The molecular weight excluding hydrogens is 335 g/mol. The van der Waals surface area contributed by atoms with E-state index in [2.05, 4.69) is 5.32 Å². The van der Waals surface area contributed by atoms with E-state index in [4.69, 9.17) is 23.2 Å². The van der Waals surface area contributed by atoms with Crippen molar-refractivity contribution in [2.24, 2.45) is 11.8 Å². The summed E-state index contributed by atoms with van der Waals surface area (Å²) in [5.41, 5.74) is 0.497. The molecule has 4 nitrogen and oxygen atoms in total. The van der Waals surface area contributed by atoms with E-state index in [1.807, 2.05) is 4.90 Å². The molecule has 1 aromatic carbocycles. The maximum atomic E-state index is 12.5. The Bertz CT molecular complexity index is 613. The minimum absolute atomic E-state index is 0.129. The quantitative estimate of drug-likeness (QED) is 0.892. The van der Waals surface area contributed by atoms with Gasteiger partial charge in [-0.1, -0.05) is 36.0 Å². The van der Waals surface area contributed by atoms with Crippen LogP contribution in [0.2, 0.25) is 10.0 Å². The number of hydrogen-bond donors (Lipinski definition) is 1. The highest BCUT2D eigenvalue weighted by atomic mass is 35.5. The summed E-state index contributed by atoms with van der Waals surface area (Å²) < 4.78 is 0. The monoisotopic (exact) mass is 354 g/mol. The third kappa shape index (κ3) is 3.99. The summed E-state index contributed by atoms with van der Waals surface area (Å²) in [6, 6.07) is 4.93. The van der Waals surface area contributed by atoms with Gasteiger partial charge in [0.05, 0.1) is 22.5 Å². The predicted molar refractivity (Wildman–Crippen MR) is 91.7 cm³/mol. The molecule has 0 aromatic heterocycles. The van der Waals surface area contributed by atoms with Crippen LogP contribution in [0.1, 0.15) is 32.1 Å². The molecule has 0 spiro atoms. The molecule has 2 unspecified atom stereocenters. The van der Waals surface area contributed by atoms with Crippen LogP contribution in [-0.4, -0.2) is 29.8 Å². The summed E-state index contributed by atoms with van der Waals surface area (Å²) in [5.74, 6) is -0.446. The Balaban J connectivity index is 1.58. The summed E-state index contributed by atoms with van der Waals surface area (Å²) >= 11 is 12.0. The number of nitrogens with one attached hydrogen (secondary N) is 1. The van der Waals surface area contributed by atoms with Crippen molar-refractivity contribution in [3.05, 3.63) is 28.2 Å². The summed E-state index contributed by atoms with van der Waals surface area (Å²) in [4.78, 5) is 26.7. The van der Waals surface area contributed by atoms with E-state index >= 15 is 0 Å². The van der Waals surface area contributed by atoms with Crippen LogP contribution >= 0.6 is 23.2 Å². The molecule has 2 fully saturated rings. The summed E-state index contributed by atoms with van der Waals surface area (Å²) in [7, 11) is 0. The largest absolute Gasteiger partial charge is 0.342 e. The zero-order chi connectivity index (χ0) is 16.4. The Morgan fingerprint density at radius 1 is 1.04 bits per heavy atom. The van der Waals surface area contributed by atoms with Gasteiger partial charge in [-0.05, 0) is 37.5 Å². The Hall–Kier alpha value is -1.26. The van der Waals surface area contributed by atoms with Crippen molar-refractivity contribution in [3.63, 3.8) is 0 Å². The van der Waals surface area contributed by atoms with Gasteiger partial charge >= 0.3 is 0 Å². The van der Waals surface area contributed by atoms with Crippen molar-refractivity contribution in [2.45, 2.75) is 32.1 Å². The number of benzene rings is 1. The van der Waals surface area contributed by atoms with E-state index in [1.54, 1.807) is 18.2 Å². The van der Waals surface area contributed by atoms with Crippen LogP contribution in [0.5, 0.6) is 0 Å². The molecule has 0 bridgehead atoms. The third-order valence-electron chi connectivity index (χ3n) is 4.55. The highest BCUT2D eigenvalue weighted by molar-refractivity contribution is 6.35. The Labute approximate surface area is 146 Å². The van der Waals surface area contributed by atoms with Gasteiger partial charge in [-0.15, -0.1) is 0 Å². The fraction of sp³-hybridized carbons (Fsp3) is 0.529. The minimum Gasteiger partial charge on any atom is -0.342 e. The molecule has 23 heavy (non-hydrogen) atoms. The van der Waals surface area contributed by atoms with Crippen molar-refractivity contribution >= 4 is 40.7 Å². The van der Waals surface area contributed by atoms with Gasteiger partial charge in [0, 0.05) is 18.1 Å². The SMILES string of the molecule is O=C(Nc1cc(Cl)ccc1Cl)C1CC1C(=O)N1CCCCCC1. The van der Waals surface area contributed by atoms with Gasteiger partial charge in [-0.3, -0.25) is 9.59 Å². The molecule has 1 saturated heterocycles. The smallest absolute Gasteiger partial charge is 0.228 e. The van der Waals surface area contributed by atoms with E-state index in [0.717, 1.165) is 25.9 Å². The van der Waals surface area contributed by atoms with Gasteiger partial charge in [0.15, 0.2) is 0 Å². The number of carbonyl (C=O) groups excluding carboxylic acids is 2. The lowest BCUT2D eigenvalue weighted by Gasteiger charge is -2.20. The average Bonchev–Trinajstić information content (AvgIpc) is 3.33. The summed E-state index contributed by atoms with van der Waals surface area (Å²) in [6.45, 7) is 1.65. The molecule has 1 aliphatic carbocycles. The lowest BCUT2D eigenvalue weighted by molar-refractivity contribution is -0.134. The van der Waals surface area contributed by atoms with Crippen LogP contribution in [-0.2, 0) is 9.59 Å². The lowest BCUT2D eigenvalue weighted by atomic mass is 10.2. The number of halogens is 2. The van der Waals surface area contributed by atoms with Gasteiger partial charge in [0.2, 0.25) is 11.8 Å². The standard InChI is InChI=1S/C17H20Cl2N2O2/c18-11-5-6-14(19)15(9-11)20-16(22)12-10-13(12)17(23)21-7-3-1-2-4-8-21/h5-6,9,12-13H,1-4,7-8,10H2,(H,20,22). The van der Waals surface area contributed by atoms with E-state index in [-0.39, 0.29) is 23.7 Å². The molecule has 124 valence electrons. The van der Waals surface area contributed by atoms with E-state index in [1.165, 1.54) is 12.8 Å². The molecular formula is C17H20Cl2N2O2. The first kappa shape index (κ1) is 16.6. The number of rotatable bonds is 3. The summed E-state index contributed by atoms with van der Waals surface area (Å²) in [6.07, 6.45) is 5.12. The zero-order valence-electron chi connectivity index (χ0n) is 12.9. The minimum atomic E-state index is -0.249. The van der Waals surface area contributed by atoms with Crippen molar-refractivity contribution < 1.29 is 9.59 Å². The molecule has 2 aliphatic rings. The zero-order valence-corrected chi connectivity index (χ0v) is 14.4. The first-order chi connectivity index (χ1) is 11.1. The predicted octanol–water partition coefficient (Wildman–Crippen LogP) is 3.97. The van der Waals surface area contributed by atoms with Gasteiger partial charge in [-0.25, -0.2) is 0 Å². The van der Waals surface area contributed by atoms with Crippen molar-refractivity contribution in [1.29, 1.82) is 0 Å². The van der Waals surface area contributed by atoms with E-state index in [9.17, 15) is 9.59 Å². The molecule has 2 amide bonds. The van der Waals surface area contributed by atoms with Crippen LogP contribution < -0.4 is 5.32 Å². The number of carbonyl (C=O) groups is 2. The topological polar surface area (TPSA) is 49.4 Å². The van der Waals surface area contributed by atoms with Crippen LogP contribution in [0.4, 0.5) is 5.69 Å². The number of amides is 2. The molecule has 1 aliphatic heterocycles. The molecule has 1 N–H and O–H groups in total. The fourth-order valence-corrected chi connectivity index (χ4v) is 3.44. The van der Waals surface area contributed by atoms with Crippen LogP contribution in [0.25, 0.3) is 0 Å². The van der Waals surface area contributed by atoms with Crippen molar-refractivity contribution in [1.82, 2.24) is 4.90 Å². The second-order valence-electron chi connectivity index (χ2n) is 6.30. The van der Waals surface area contributed by atoms with Crippen molar-refractivity contribution in [3.8, 4) is 0 Å². The normalized spacial score (nSPS) is 24.0. The highest BCUT2D eigenvalue weighted by Gasteiger charge is 2.49. The molecule has 1 aromatic rings. The van der Waals surface area contributed by atoms with Gasteiger partial charge in [0.25, 0.3) is 0 Å². The van der Waals surface area contributed by atoms with E-state index in [0.29, 0.717) is 22.2 Å². The van der Waals surface area contributed by atoms with Crippen LogP contribution in [0.3, 0.4) is 0 Å². The second-order valence-corrected chi connectivity index (χ2v) is 7.15. The van der Waals surface area contributed by atoms with Gasteiger partial charge < -0.3 is 10.2 Å². The molecule has 1 heterocycles. The molecule has 3 rings (SSSR count). The maximum absolute atomic E-state index is 12.5. The first-order valence-electron chi connectivity index (χ1n) is 8.11. The Morgan fingerprint density at radius 3 is 2.43 bits per heavy atom. The molecule has 2 atom stereocenters. The first-order valence-corrected chi connectivity index (χ1v) is 8.86. The van der Waals surface area contributed by atoms with E-state index < -0.39 is 0 Å². The lowest BCUT2D eigenvalue weighted by Crippen LogP contribution is -2.34. The van der Waals surface area contributed by atoms with Gasteiger partial charge in [-0.2, -0.15) is 0 Å². The van der Waals surface area contributed by atoms with Crippen LogP contribution in [0.15, 0.2) is 18.2 Å². The third-order valence-corrected chi connectivity index (χ3v) is 5.11. The average molecular weight is 355 g/mol. The Morgan fingerprint density at radius 2 is 1.74 bits per heavy atom. The highest BCUT2D eigenvalue weighted by Crippen LogP contribution is 2.41. The van der Waals surface area contributed by atoms with Gasteiger partial charge in [0.1, 0.15) is 0 Å². The maximum Gasteiger partial charge on any atom is 0.228 e. The number of nitrogens with zero attached hydrogens (tertiary/aromatic N) is 1. The van der Waals surface area contributed by atoms with Crippen molar-refractivity contribution in [2.75, 3.05) is 18.4 Å².